The van der Waals surface area contributed by atoms with E-state index in [2.05, 4.69) is 55.4 Å². The number of ether oxygens (including phenoxy) is 8. The van der Waals surface area contributed by atoms with E-state index in [1.54, 1.807) is 0 Å². The Balaban J connectivity index is -0.000000386. The molecule has 0 aromatic rings. The highest BCUT2D eigenvalue weighted by Gasteiger charge is 2.14. The van der Waals surface area contributed by atoms with Gasteiger partial charge in [0.15, 0.2) is 0 Å². The van der Waals surface area contributed by atoms with E-state index in [9.17, 15) is 57.5 Å². The van der Waals surface area contributed by atoms with Crippen LogP contribution >= 0.6 is 0 Å². The summed E-state index contributed by atoms with van der Waals surface area (Å²) in [6, 6.07) is 0. The summed E-state index contributed by atoms with van der Waals surface area (Å²) in [7, 11) is 0. The molecule has 0 radical (unpaired) electrons. The number of hydrogen-bond acceptors (Lipinski definition) is 20. The summed E-state index contributed by atoms with van der Waals surface area (Å²) in [5.41, 5.74) is 0. The molecular weight excluding hydrogens is 1720 g/mol. The van der Waals surface area contributed by atoms with Gasteiger partial charge in [0, 0.05) is 77.0 Å². The fourth-order valence-electron chi connectivity index (χ4n) is 14.0. The second-order valence-electron chi connectivity index (χ2n) is 38.6. The van der Waals surface area contributed by atoms with Crippen molar-refractivity contribution < 1.29 is 116 Å². The summed E-state index contributed by atoms with van der Waals surface area (Å²) in [5.74, 6) is -2.12. The summed E-state index contributed by atoms with van der Waals surface area (Å²) in [6.45, 7) is 30.2. The van der Waals surface area contributed by atoms with Crippen molar-refractivity contribution in [3.05, 3.63) is 0 Å². The Morgan fingerprint density at radius 1 is 0.156 bits per heavy atom. The van der Waals surface area contributed by atoms with E-state index in [1.165, 1.54) is 231 Å². The molecule has 0 heterocycles. The summed E-state index contributed by atoms with van der Waals surface area (Å²) < 4.78 is 41.8. The third-order valence-corrected chi connectivity index (χ3v) is 22.4. The van der Waals surface area contributed by atoms with Gasteiger partial charge in [-0.25, -0.2) is 0 Å². The monoisotopic (exact) mass is 1930 g/mol. The average Bonchev–Trinajstić information content (AvgIpc) is 0.795. The molecule has 24 heteroatoms. The molecule has 0 aromatic heterocycles. The number of hydrogen-bond donors (Lipinski definition) is 4. The van der Waals surface area contributed by atoms with Crippen LogP contribution in [0.25, 0.3) is 0 Å². The summed E-state index contributed by atoms with van der Waals surface area (Å²) in [4.78, 5) is 133. The van der Waals surface area contributed by atoms with E-state index in [0.29, 0.717) is 193 Å². The second-order valence-corrected chi connectivity index (χ2v) is 38.6. The van der Waals surface area contributed by atoms with Crippen LogP contribution in [0.1, 0.15) is 565 Å². The predicted octanol–water partition coefficient (Wildman–Crippen LogP) is 30.6. The van der Waals surface area contributed by atoms with Gasteiger partial charge in [-0.15, -0.1) is 0 Å². The maximum absolute atomic E-state index is 11.8. The first-order valence-electron chi connectivity index (χ1n) is 55.1. The van der Waals surface area contributed by atoms with Crippen molar-refractivity contribution >= 4 is 71.6 Å². The van der Waals surface area contributed by atoms with Crippen LogP contribution in [0.15, 0.2) is 0 Å². The number of carboxylic acid groups (broad SMARTS) is 4. The number of aliphatic carboxylic acids is 4. The molecule has 0 amide bonds. The van der Waals surface area contributed by atoms with Crippen molar-refractivity contribution in [3.8, 4) is 0 Å². The minimum atomic E-state index is -0.870. The lowest BCUT2D eigenvalue weighted by Crippen LogP contribution is -2.11. The van der Waals surface area contributed by atoms with Gasteiger partial charge in [-0.2, -0.15) is 0 Å². The van der Waals surface area contributed by atoms with Crippen LogP contribution in [-0.2, 0) is 95.4 Å². The molecule has 0 spiro atoms. The molecule has 0 fully saturated rings. The molecule has 0 bridgehead atoms. The van der Waals surface area contributed by atoms with Crippen molar-refractivity contribution in [2.75, 3.05) is 52.9 Å². The van der Waals surface area contributed by atoms with Crippen LogP contribution < -0.4 is 0 Å². The van der Waals surface area contributed by atoms with E-state index in [4.69, 9.17) is 58.3 Å². The minimum absolute atomic E-state index is 0.0628. The maximum atomic E-state index is 11.8. The molecule has 0 saturated heterocycles. The third-order valence-electron chi connectivity index (χ3n) is 22.4. The van der Waals surface area contributed by atoms with Crippen LogP contribution in [0.3, 0.4) is 0 Å². The Hall–Kier alpha value is -6.36. The molecule has 0 aliphatic rings. The van der Waals surface area contributed by atoms with E-state index >= 15 is 0 Å². The lowest BCUT2D eigenvalue weighted by Gasteiger charge is -2.08. The van der Waals surface area contributed by atoms with Crippen molar-refractivity contribution in [1.29, 1.82) is 0 Å². The highest BCUT2D eigenvalue weighted by atomic mass is 16.6. The number of rotatable bonds is 93. The molecule has 0 aliphatic carbocycles. The third kappa shape index (κ3) is 143. The molecular formula is C111H210O24. The fourth-order valence-corrected chi connectivity index (χ4v) is 14.0. The summed E-state index contributed by atoms with van der Waals surface area (Å²) in [6.07, 6.45) is 74.2. The van der Waals surface area contributed by atoms with Gasteiger partial charge >= 0.3 is 71.6 Å². The molecule has 0 unspecified atom stereocenters. The Kier molecular flexibility index (Phi) is 120. The highest BCUT2D eigenvalue weighted by Crippen LogP contribution is 2.19. The normalized spacial score (nSPS) is 10.8. The average molecular weight is 1930 g/mol. The molecule has 0 aliphatic heterocycles. The van der Waals surface area contributed by atoms with Crippen LogP contribution in [0, 0.1) is 23.7 Å². The molecule has 4 N–H and O–H groups in total. The Morgan fingerprint density at radius 3 is 0.430 bits per heavy atom. The zero-order valence-electron chi connectivity index (χ0n) is 89.0. The summed E-state index contributed by atoms with van der Waals surface area (Å²) >= 11 is 0. The smallest absolute Gasteiger partial charge is 0.305 e. The van der Waals surface area contributed by atoms with E-state index < -0.39 is 23.9 Å². The standard InChI is InChI=1S/C32H62O4.C26H50O4.C24H46O4.C14H26O4.C9H16O4.C6H10O4/c1-3-5-7-9-11-13-15-17-19-21-25-29-35-31(33)27-23-24-28-32(34)36-30-26-22-20-18-16-14-12-10-8-6-4-2;1-23(2)17-11-7-5-9-15-21-29-25(27)19-13-14-20-26(28)30-22-16-10-6-8-12-18-24(3)4;1-3-5-7-9-11-13-17-21-27-23(25)19-15-16-20-24(26)28-22-18-14-12-10-8-6-4-2;1-11(2)9-17-13(15)7-5-6-8-14(16)18-10-12(3)4;10-8(11)6-4-2-1-3-5-7-9(12)13;7-5(8)3-1-2-4-6(9)10/h3-30H2,1-2H3;23-24H,5-22H2,1-4H3;3-22H2,1-2H3;11-12H,5-10H2,1-4H3;1-7H2,(H,10,11)(H,12,13);1-4H2,(H,7,8)(H,9,10). The molecule has 24 nitrogen and oxygen atoms in total. The van der Waals surface area contributed by atoms with Gasteiger partial charge in [0.25, 0.3) is 0 Å². The van der Waals surface area contributed by atoms with Crippen molar-refractivity contribution in [1.82, 2.24) is 0 Å². The first-order chi connectivity index (χ1) is 65.0. The molecule has 135 heavy (non-hydrogen) atoms. The van der Waals surface area contributed by atoms with Gasteiger partial charge in [-0.05, 0) is 139 Å². The Labute approximate surface area is 824 Å². The lowest BCUT2D eigenvalue weighted by molar-refractivity contribution is -0.147. The molecule has 0 saturated carbocycles. The molecule has 798 valence electrons. The van der Waals surface area contributed by atoms with Crippen LogP contribution in [0.4, 0.5) is 0 Å². The van der Waals surface area contributed by atoms with E-state index in [-0.39, 0.29) is 73.4 Å². The van der Waals surface area contributed by atoms with Crippen LogP contribution in [0.5, 0.6) is 0 Å². The first-order valence-corrected chi connectivity index (χ1v) is 55.1. The van der Waals surface area contributed by atoms with Crippen LogP contribution in [-0.4, -0.2) is 145 Å². The predicted molar refractivity (Wildman–Crippen MR) is 547 cm³/mol. The quantitative estimate of drug-likeness (QED) is 0.0250. The van der Waals surface area contributed by atoms with Gasteiger partial charge in [-0.1, -0.05) is 372 Å². The Morgan fingerprint density at radius 2 is 0.281 bits per heavy atom. The number of unbranched alkanes of at least 4 members (excludes halogenated alkanes) is 49. The number of carbonyl (C=O) groups excluding carboxylic acids is 8. The van der Waals surface area contributed by atoms with Gasteiger partial charge in [-0.3, -0.25) is 57.5 Å². The number of carbonyl (C=O) groups is 12. The molecule has 0 aromatic carbocycles. The Bertz CT molecular complexity index is 2470. The SMILES string of the molecule is CC(C)CCCCCCCOC(=O)CCCCC(=O)OCCCCCCCC(C)C.CC(C)COC(=O)CCCCC(=O)OCC(C)C.CCCCCCCCCCCCCOC(=O)CCCCC(=O)OCCCCCCCCCCCCC.CCCCCCCCCOC(=O)CCCCC(=O)OCCCCCCCCC.O=C(O)CCCCC(=O)O.O=C(O)CCCCCCCC(=O)O. The van der Waals surface area contributed by atoms with Crippen molar-refractivity contribution in [2.45, 2.75) is 565 Å². The minimum Gasteiger partial charge on any atom is -0.481 e. The fraction of sp³-hybridized carbons (Fsp3) is 0.892. The highest BCUT2D eigenvalue weighted by molar-refractivity contribution is 5.73. The van der Waals surface area contributed by atoms with Gasteiger partial charge in [0.1, 0.15) is 0 Å². The molecule has 0 atom stereocenters. The zero-order valence-corrected chi connectivity index (χ0v) is 89.0. The number of carboxylic acids is 4. The first kappa shape index (κ1) is 139. The van der Waals surface area contributed by atoms with Gasteiger partial charge in [0.2, 0.25) is 0 Å². The lowest BCUT2D eigenvalue weighted by atomic mass is 10.0. The number of esters is 8. The second kappa shape index (κ2) is 116. The maximum Gasteiger partial charge on any atom is 0.305 e. The summed E-state index contributed by atoms with van der Waals surface area (Å²) in [5, 5.41) is 32.9. The van der Waals surface area contributed by atoms with E-state index in [0.717, 1.165) is 108 Å². The molecule has 0 rings (SSSR count). The van der Waals surface area contributed by atoms with Crippen molar-refractivity contribution in [3.63, 3.8) is 0 Å². The largest absolute Gasteiger partial charge is 0.481 e. The van der Waals surface area contributed by atoms with Gasteiger partial charge in [0.05, 0.1) is 52.9 Å². The van der Waals surface area contributed by atoms with Gasteiger partial charge < -0.3 is 58.3 Å². The van der Waals surface area contributed by atoms with Crippen LogP contribution in [0.2, 0.25) is 0 Å². The topological polar surface area (TPSA) is 360 Å². The van der Waals surface area contributed by atoms with E-state index in [1.807, 2.05) is 27.7 Å². The van der Waals surface area contributed by atoms with Crippen molar-refractivity contribution in [2.24, 2.45) is 23.7 Å². The zero-order chi connectivity index (χ0) is 102.